The number of hydrogen-bond acceptors (Lipinski definition) is 1. The van der Waals surface area contributed by atoms with Crippen LogP contribution >= 0.6 is 0 Å². The summed E-state index contributed by atoms with van der Waals surface area (Å²) in [5.74, 6) is 2.53. The topological polar surface area (TPSA) is 9.23 Å². The van der Waals surface area contributed by atoms with Crippen molar-refractivity contribution in [2.75, 3.05) is 13.2 Å². The van der Waals surface area contributed by atoms with Gasteiger partial charge in [-0.05, 0) is 30.6 Å². The van der Waals surface area contributed by atoms with E-state index in [4.69, 9.17) is 4.74 Å². The van der Waals surface area contributed by atoms with Crippen molar-refractivity contribution in [2.45, 2.75) is 65.7 Å². The van der Waals surface area contributed by atoms with Crippen molar-refractivity contribution in [1.29, 1.82) is 0 Å². The van der Waals surface area contributed by atoms with E-state index < -0.39 is 0 Å². The van der Waals surface area contributed by atoms with Gasteiger partial charge in [0.25, 0.3) is 0 Å². The first kappa shape index (κ1) is 14.0. The van der Waals surface area contributed by atoms with Gasteiger partial charge in [-0.2, -0.15) is 0 Å². The molecule has 1 saturated carbocycles. The van der Waals surface area contributed by atoms with E-state index in [2.05, 4.69) is 20.8 Å². The van der Waals surface area contributed by atoms with Gasteiger partial charge in [0.1, 0.15) is 0 Å². The summed E-state index contributed by atoms with van der Waals surface area (Å²) in [7, 11) is 0. The summed E-state index contributed by atoms with van der Waals surface area (Å²) in [4.78, 5) is 0. The van der Waals surface area contributed by atoms with Crippen molar-refractivity contribution in [2.24, 2.45) is 17.8 Å². The molecular formula is C15H30O. The third-order valence-electron chi connectivity index (χ3n) is 3.70. The van der Waals surface area contributed by atoms with Gasteiger partial charge in [-0.3, -0.25) is 0 Å². The van der Waals surface area contributed by atoms with Gasteiger partial charge in [-0.1, -0.05) is 52.9 Å². The van der Waals surface area contributed by atoms with Crippen molar-refractivity contribution in [3.05, 3.63) is 0 Å². The normalized spacial score (nSPS) is 20.2. The fourth-order valence-corrected chi connectivity index (χ4v) is 2.66. The quantitative estimate of drug-likeness (QED) is 0.574. The molecule has 0 spiro atoms. The second-order valence-electron chi connectivity index (χ2n) is 6.10. The van der Waals surface area contributed by atoms with Crippen LogP contribution in [0.15, 0.2) is 0 Å². The first-order valence-electron chi connectivity index (χ1n) is 7.26. The van der Waals surface area contributed by atoms with E-state index in [9.17, 15) is 0 Å². The maximum absolute atomic E-state index is 5.75. The zero-order valence-electron chi connectivity index (χ0n) is 11.5. The van der Waals surface area contributed by atoms with Crippen LogP contribution < -0.4 is 0 Å². The Morgan fingerprint density at radius 1 is 1.06 bits per heavy atom. The SMILES string of the molecule is CC(C)CCOCC(C)CC1CCCCC1. The zero-order chi connectivity index (χ0) is 11.8. The molecule has 1 unspecified atom stereocenters. The predicted molar refractivity (Wildman–Crippen MR) is 70.6 cm³/mol. The van der Waals surface area contributed by atoms with Crippen LogP contribution in [0.2, 0.25) is 0 Å². The summed E-state index contributed by atoms with van der Waals surface area (Å²) in [6.07, 6.45) is 9.93. The van der Waals surface area contributed by atoms with Gasteiger partial charge in [0.05, 0.1) is 0 Å². The smallest absolute Gasteiger partial charge is 0.0491 e. The van der Waals surface area contributed by atoms with Crippen LogP contribution in [0.25, 0.3) is 0 Å². The highest BCUT2D eigenvalue weighted by Gasteiger charge is 2.16. The van der Waals surface area contributed by atoms with E-state index in [1.165, 1.54) is 44.9 Å². The minimum Gasteiger partial charge on any atom is -0.381 e. The molecule has 0 aromatic carbocycles. The molecule has 0 amide bonds. The molecule has 1 fully saturated rings. The Balaban J connectivity index is 1.99. The predicted octanol–water partition coefficient (Wildman–Crippen LogP) is 4.66. The Hall–Kier alpha value is -0.0400. The van der Waals surface area contributed by atoms with Gasteiger partial charge in [0, 0.05) is 13.2 Å². The molecule has 0 N–H and O–H groups in total. The van der Waals surface area contributed by atoms with E-state index in [0.717, 1.165) is 31.0 Å². The van der Waals surface area contributed by atoms with E-state index in [1.54, 1.807) is 0 Å². The Bertz CT molecular complexity index is 159. The molecule has 0 saturated heterocycles. The maximum Gasteiger partial charge on any atom is 0.0491 e. The lowest BCUT2D eigenvalue weighted by Crippen LogP contribution is -2.15. The maximum atomic E-state index is 5.75. The summed E-state index contributed by atoms with van der Waals surface area (Å²) < 4.78 is 5.75. The van der Waals surface area contributed by atoms with Crippen molar-refractivity contribution >= 4 is 0 Å². The highest BCUT2D eigenvalue weighted by Crippen LogP contribution is 2.28. The van der Waals surface area contributed by atoms with Crippen LogP contribution in [0.5, 0.6) is 0 Å². The third-order valence-corrected chi connectivity index (χ3v) is 3.70. The molecule has 0 heterocycles. The first-order chi connectivity index (χ1) is 7.68. The minimum atomic E-state index is 0.760. The molecule has 0 bridgehead atoms. The minimum absolute atomic E-state index is 0.760. The number of hydrogen-bond donors (Lipinski definition) is 0. The third kappa shape index (κ3) is 6.52. The zero-order valence-corrected chi connectivity index (χ0v) is 11.5. The number of ether oxygens (including phenoxy) is 1. The summed E-state index contributed by atoms with van der Waals surface area (Å²) in [5.41, 5.74) is 0. The van der Waals surface area contributed by atoms with E-state index in [1.807, 2.05) is 0 Å². The number of rotatable bonds is 7. The summed E-state index contributed by atoms with van der Waals surface area (Å²) >= 11 is 0. The van der Waals surface area contributed by atoms with Crippen LogP contribution in [0, 0.1) is 17.8 Å². The van der Waals surface area contributed by atoms with Crippen molar-refractivity contribution in [1.82, 2.24) is 0 Å². The Morgan fingerprint density at radius 2 is 1.75 bits per heavy atom. The molecule has 0 radical (unpaired) electrons. The summed E-state index contributed by atoms with van der Waals surface area (Å²) in [6, 6.07) is 0. The lowest BCUT2D eigenvalue weighted by molar-refractivity contribution is 0.0853. The van der Waals surface area contributed by atoms with Crippen molar-refractivity contribution < 1.29 is 4.74 Å². The summed E-state index contributed by atoms with van der Waals surface area (Å²) in [5, 5.41) is 0. The van der Waals surface area contributed by atoms with Gasteiger partial charge >= 0.3 is 0 Å². The van der Waals surface area contributed by atoms with E-state index in [-0.39, 0.29) is 0 Å². The average molecular weight is 226 g/mol. The van der Waals surface area contributed by atoms with E-state index in [0.29, 0.717) is 0 Å². The molecule has 1 heteroatoms. The molecule has 1 atom stereocenters. The van der Waals surface area contributed by atoms with Gasteiger partial charge in [-0.25, -0.2) is 0 Å². The first-order valence-corrected chi connectivity index (χ1v) is 7.26. The molecule has 1 aliphatic carbocycles. The van der Waals surface area contributed by atoms with Gasteiger partial charge in [0.15, 0.2) is 0 Å². The molecule has 0 aliphatic heterocycles. The van der Waals surface area contributed by atoms with Crippen LogP contribution in [-0.4, -0.2) is 13.2 Å². The molecule has 1 aliphatic rings. The van der Waals surface area contributed by atoms with Crippen LogP contribution in [0.3, 0.4) is 0 Å². The van der Waals surface area contributed by atoms with Crippen LogP contribution in [-0.2, 0) is 4.74 Å². The highest BCUT2D eigenvalue weighted by atomic mass is 16.5. The standard InChI is InChI=1S/C15H30O/c1-13(2)9-10-16-12-14(3)11-15-7-5-4-6-8-15/h13-15H,4-12H2,1-3H3. The van der Waals surface area contributed by atoms with Crippen LogP contribution in [0.1, 0.15) is 65.7 Å². The molecule has 0 aromatic rings. The lowest BCUT2D eigenvalue weighted by Gasteiger charge is -2.24. The Labute approximate surface area is 102 Å². The molecule has 0 aromatic heterocycles. The monoisotopic (exact) mass is 226 g/mol. The molecule has 1 nitrogen and oxygen atoms in total. The second kappa shape index (κ2) is 8.11. The van der Waals surface area contributed by atoms with Crippen LogP contribution in [0.4, 0.5) is 0 Å². The van der Waals surface area contributed by atoms with Crippen molar-refractivity contribution in [3.63, 3.8) is 0 Å². The molecule has 16 heavy (non-hydrogen) atoms. The van der Waals surface area contributed by atoms with Gasteiger partial charge < -0.3 is 4.74 Å². The molecular weight excluding hydrogens is 196 g/mol. The molecule has 96 valence electrons. The fraction of sp³-hybridized carbons (Fsp3) is 1.00. The highest BCUT2D eigenvalue weighted by molar-refractivity contribution is 4.68. The Kier molecular flexibility index (Phi) is 7.11. The average Bonchev–Trinajstić information content (AvgIpc) is 2.25. The van der Waals surface area contributed by atoms with E-state index >= 15 is 0 Å². The fourth-order valence-electron chi connectivity index (χ4n) is 2.66. The largest absolute Gasteiger partial charge is 0.381 e. The second-order valence-corrected chi connectivity index (χ2v) is 6.10. The van der Waals surface area contributed by atoms with Gasteiger partial charge in [-0.15, -0.1) is 0 Å². The van der Waals surface area contributed by atoms with Crippen molar-refractivity contribution in [3.8, 4) is 0 Å². The molecule has 1 rings (SSSR count). The summed E-state index contributed by atoms with van der Waals surface area (Å²) in [6.45, 7) is 8.80. The lowest BCUT2D eigenvalue weighted by atomic mass is 9.83. The Morgan fingerprint density at radius 3 is 2.38 bits per heavy atom. The van der Waals surface area contributed by atoms with Gasteiger partial charge in [0.2, 0.25) is 0 Å².